The second-order valence-electron chi connectivity index (χ2n) is 4.73. The Labute approximate surface area is 108 Å². The van der Waals surface area contributed by atoms with Gasteiger partial charge in [0.05, 0.1) is 0 Å². The van der Waals surface area contributed by atoms with E-state index in [1.165, 1.54) is 36.3 Å². The lowest BCUT2D eigenvalue weighted by atomic mass is 10.1. The third-order valence-electron chi connectivity index (χ3n) is 3.46. The Kier molecular flexibility index (Phi) is 4.66. The summed E-state index contributed by atoms with van der Waals surface area (Å²) in [6.07, 6.45) is 6.12. The smallest absolute Gasteiger partial charge is 0.163 e. The largest absolute Gasteiger partial charge is 0.294 e. The van der Waals surface area contributed by atoms with E-state index in [-0.39, 0.29) is 5.78 Å². The quantitative estimate of drug-likeness (QED) is 0.561. The van der Waals surface area contributed by atoms with Crippen LogP contribution in [-0.2, 0) is 0 Å². The molecule has 0 N–H and O–H groups in total. The summed E-state index contributed by atoms with van der Waals surface area (Å²) >= 11 is 1.87. The molecule has 1 aromatic rings. The summed E-state index contributed by atoms with van der Waals surface area (Å²) in [6, 6.07) is 8.04. The van der Waals surface area contributed by atoms with Crippen LogP contribution < -0.4 is 0 Å². The van der Waals surface area contributed by atoms with Gasteiger partial charge in [-0.3, -0.25) is 4.79 Å². The maximum absolute atomic E-state index is 11.8. The first kappa shape index (κ1) is 12.7. The van der Waals surface area contributed by atoms with Crippen LogP contribution in [0.4, 0.5) is 0 Å². The zero-order valence-corrected chi connectivity index (χ0v) is 11.3. The minimum absolute atomic E-state index is 0.263. The topological polar surface area (TPSA) is 17.1 Å². The number of carbonyl (C=O) groups excluding carboxylic acids is 1. The molecule has 0 unspecified atom stereocenters. The molecule has 0 radical (unpaired) electrons. The van der Waals surface area contributed by atoms with Crippen LogP contribution in [0.2, 0.25) is 0 Å². The molecule has 0 spiro atoms. The number of Topliss-reactive ketones (excluding diaryl/α,β-unsaturated/α-hetero) is 1. The van der Waals surface area contributed by atoms with Crippen molar-refractivity contribution >= 4 is 17.5 Å². The van der Waals surface area contributed by atoms with Gasteiger partial charge in [0, 0.05) is 22.6 Å². The number of carbonyl (C=O) groups is 1. The van der Waals surface area contributed by atoms with E-state index in [9.17, 15) is 4.79 Å². The normalized spacial score (nSPS) is 16.3. The standard InChI is InChI=1S/C15H20OS/c1-2-14(16)13-9-5-6-10-15(13)17-11-12-7-3-4-8-12/h5-6,9-10,12H,2-4,7-8,11H2,1H3. The summed E-state index contributed by atoms with van der Waals surface area (Å²) in [5.41, 5.74) is 0.915. The number of thioether (sulfide) groups is 1. The Bertz CT molecular complexity index is 380. The summed E-state index contributed by atoms with van der Waals surface area (Å²) in [5.74, 6) is 2.30. The second-order valence-corrected chi connectivity index (χ2v) is 5.80. The summed E-state index contributed by atoms with van der Waals surface area (Å²) in [5, 5.41) is 0. The van der Waals surface area contributed by atoms with E-state index in [4.69, 9.17) is 0 Å². The van der Waals surface area contributed by atoms with E-state index in [0.29, 0.717) is 6.42 Å². The predicted octanol–water partition coefficient (Wildman–Crippen LogP) is 4.56. The lowest BCUT2D eigenvalue weighted by molar-refractivity contribution is 0.0985. The molecule has 1 aliphatic carbocycles. The Morgan fingerprint density at radius 1 is 1.29 bits per heavy atom. The molecule has 1 fully saturated rings. The van der Waals surface area contributed by atoms with Gasteiger partial charge in [-0.05, 0) is 24.8 Å². The average molecular weight is 248 g/mol. The molecule has 0 heterocycles. The molecule has 0 amide bonds. The first-order valence-electron chi connectivity index (χ1n) is 6.56. The minimum Gasteiger partial charge on any atom is -0.294 e. The second kappa shape index (κ2) is 6.25. The molecule has 1 aromatic carbocycles. The first-order valence-corrected chi connectivity index (χ1v) is 7.55. The Morgan fingerprint density at radius 2 is 2.00 bits per heavy atom. The average Bonchev–Trinajstić information content (AvgIpc) is 2.89. The predicted molar refractivity (Wildman–Crippen MR) is 73.7 cm³/mol. The van der Waals surface area contributed by atoms with Crippen LogP contribution in [0.5, 0.6) is 0 Å². The van der Waals surface area contributed by atoms with Gasteiger partial charge < -0.3 is 0 Å². The van der Waals surface area contributed by atoms with Crippen molar-refractivity contribution in [2.24, 2.45) is 5.92 Å². The zero-order valence-electron chi connectivity index (χ0n) is 10.4. The van der Waals surface area contributed by atoms with Gasteiger partial charge in [0.15, 0.2) is 5.78 Å². The number of benzene rings is 1. The molecular weight excluding hydrogens is 228 g/mol. The van der Waals surface area contributed by atoms with E-state index < -0.39 is 0 Å². The molecule has 0 atom stereocenters. The number of hydrogen-bond acceptors (Lipinski definition) is 2. The van der Waals surface area contributed by atoms with Crippen molar-refractivity contribution < 1.29 is 4.79 Å². The highest BCUT2D eigenvalue weighted by Gasteiger charge is 2.16. The molecule has 0 aromatic heterocycles. The fourth-order valence-electron chi connectivity index (χ4n) is 2.40. The van der Waals surface area contributed by atoms with Crippen molar-refractivity contribution in [2.45, 2.75) is 43.9 Å². The highest BCUT2D eigenvalue weighted by atomic mass is 32.2. The van der Waals surface area contributed by atoms with Crippen LogP contribution >= 0.6 is 11.8 Å². The van der Waals surface area contributed by atoms with E-state index in [1.54, 1.807) is 0 Å². The van der Waals surface area contributed by atoms with E-state index >= 15 is 0 Å². The fraction of sp³-hybridized carbons (Fsp3) is 0.533. The van der Waals surface area contributed by atoms with Crippen molar-refractivity contribution in [3.63, 3.8) is 0 Å². The maximum Gasteiger partial charge on any atom is 0.163 e. The van der Waals surface area contributed by atoms with Gasteiger partial charge in [-0.2, -0.15) is 0 Å². The van der Waals surface area contributed by atoms with Crippen LogP contribution in [0, 0.1) is 5.92 Å². The third-order valence-corrected chi connectivity index (χ3v) is 4.76. The monoisotopic (exact) mass is 248 g/mol. The molecule has 92 valence electrons. The fourth-order valence-corrected chi connectivity index (χ4v) is 3.66. The molecule has 2 rings (SSSR count). The van der Waals surface area contributed by atoms with Crippen LogP contribution in [0.1, 0.15) is 49.4 Å². The molecule has 0 saturated heterocycles. The highest BCUT2D eigenvalue weighted by molar-refractivity contribution is 7.99. The van der Waals surface area contributed by atoms with E-state index in [0.717, 1.165) is 11.5 Å². The van der Waals surface area contributed by atoms with Crippen molar-refractivity contribution in [1.29, 1.82) is 0 Å². The molecule has 0 bridgehead atoms. The molecule has 2 heteroatoms. The van der Waals surface area contributed by atoms with Gasteiger partial charge >= 0.3 is 0 Å². The van der Waals surface area contributed by atoms with Gasteiger partial charge in [-0.15, -0.1) is 11.8 Å². The van der Waals surface area contributed by atoms with Gasteiger partial charge in [0.2, 0.25) is 0 Å². The molecular formula is C15H20OS. The molecule has 17 heavy (non-hydrogen) atoms. The van der Waals surface area contributed by atoms with Crippen LogP contribution in [0.15, 0.2) is 29.2 Å². The summed E-state index contributed by atoms with van der Waals surface area (Å²) in [6.45, 7) is 1.93. The van der Waals surface area contributed by atoms with Gasteiger partial charge in [0.1, 0.15) is 0 Å². The van der Waals surface area contributed by atoms with Crippen molar-refractivity contribution in [3.05, 3.63) is 29.8 Å². The Hall–Kier alpha value is -0.760. The van der Waals surface area contributed by atoms with Crippen LogP contribution in [0.3, 0.4) is 0 Å². The van der Waals surface area contributed by atoms with Gasteiger partial charge in [-0.25, -0.2) is 0 Å². The van der Waals surface area contributed by atoms with Gasteiger partial charge in [-0.1, -0.05) is 38.0 Å². The molecule has 1 nitrogen and oxygen atoms in total. The van der Waals surface area contributed by atoms with Crippen LogP contribution in [0.25, 0.3) is 0 Å². The molecule has 0 aliphatic heterocycles. The van der Waals surface area contributed by atoms with Crippen LogP contribution in [-0.4, -0.2) is 11.5 Å². The SMILES string of the molecule is CCC(=O)c1ccccc1SCC1CCCC1. The minimum atomic E-state index is 0.263. The van der Waals surface area contributed by atoms with Crippen molar-refractivity contribution in [1.82, 2.24) is 0 Å². The third kappa shape index (κ3) is 3.35. The Balaban J connectivity index is 2.01. The lowest BCUT2D eigenvalue weighted by Gasteiger charge is -2.11. The van der Waals surface area contributed by atoms with E-state index in [2.05, 4.69) is 6.07 Å². The van der Waals surface area contributed by atoms with Crippen molar-refractivity contribution in [3.8, 4) is 0 Å². The zero-order chi connectivity index (χ0) is 12.1. The maximum atomic E-state index is 11.8. The summed E-state index contributed by atoms with van der Waals surface area (Å²) in [4.78, 5) is 13.0. The summed E-state index contributed by atoms with van der Waals surface area (Å²) in [7, 11) is 0. The highest BCUT2D eigenvalue weighted by Crippen LogP contribution is 2.32. The lowest BCUT2D eigenvalue weighted by Crippen LogP contribution is -2.01. The van der Waals surface area contributed by atoms with Crippen molar-refractivity contribution in [2.75, 3.05) is 5.75 Å². The Morgan fingerprint density at radius 3 is 2.71 bits per heavy atom. The molecule has 1 saturated carbocycles. The number of rotatable bonds is 5. The number of hydrogen-bond donors (Lipinski definition) is 0. The van der Waals surface area contributed by atoms with E-state index in [1.807, 2.05) is 36.9 Å². The number of ketones is 1. The molecule has 1 aliphatic rings. The summed E-state index contributed by atoms with van der Waals surface area (Å²) < 4.78 is 0. The van der Waals surface area contributed by atoms with Gasteiger partial charge in [0.25, 0.3) is 0 Å². The first-order chi connectivity index (χ1) is 8.31.